The number of benzene rings is 2. The van der Waals surface area contributed by atoms with Crippen molar-refractivity contribution in [3.05, 3.63) is 64.7 Å². The van der Waals surface area contributed by atoms with Gasteiger partial charge in [0.05, 0.1) is 5.75 Å². The van der Waals surface area contributed by atoms with Crippen molar-refractivity contribution >= 4 is 23.4 Å². The highest BCUT2D eigenvalue weighted by Crippen LogP contribution is 2.28. The van der Waals surface area contributed by atoms with Crippen LogP contribution in [-0.2, 0) is 4.79 Å². The Balaban J connectivity index is 1.94. The molecular formula is C19H23NOS. The van der Waals surface area contributed by atoms with E-state index in [-0.39, 0.29) is 5.91 Å². The highest BCUT2D eigenvalue weighted by molar-refractivity contribution is 8.00. The lowest BCUT2D eigenvalue weighted by Gasteiger charge is -2.14. The zero-order valence-electron chi connectivity index (χ0n) is 13.6. The molecule has 0 heterocycles. The van der Waals surface area contributed by atoms with E-state index >= 15 is 0 Å². The Hall–Kier alpha value is -1.74. The first-order valence-electron chi connectivity index (χ1n) is 7.51. The second-order valence-electron chi connectivity index (χ2n) is 5.69. The van der Waals surface area contributed by atoms with Crippen molar-refractivity contribution in [1.82, 2.24) is 0 Å². The van der Waals surface area contributed by atoms with Crippen molar-refractivity contribution in [2.24, 2.45) is 0 Å². The van der Waals surface area contributed by atoms with Gasteiger partial charge in [0.1, 0.15) is 0 Å². The summed E-state index contributed by atoms with van der Waals surface area (Å²) in [5.41, 5.74) is 5.66. The van der Waals surface area contributed by atoms with Crippen LogP contribution in [0.5, 0.6) is 0 Å². The van der Waals surface area contributed by atoms with Crippen LogP contribution in [0.3, 0.4) is 0 Å². The lowest BCUT2D eigenvalue weighted by molar-refractivity contribution is -0.113. The standard InChI is InChI=1S/C19H23NOS/c1-13-10-14(2)19(15(3)11-13)20-18(21)12-22-16(4)17-8-6-5-7-9-17/h5-11,16H,12H2,1-4H3,(H,20,21)/t16-/m1/s1. The van der Waals surface area contributed by atoms with E-state index in [0.29, 0.717) is 11.0 Å². The number of nitrogens with one attached hydrogen (secondary N) is 1. The monoisotopic (exact) mass is 313 g/mol. The van der Waals surface area contributed by atoms with Gasteiger partial charge in [0.2, 0.25) is 5.91 Å². The van der Waals surface area contributed by atoms with E-state index in [4.69, 9.17) is 0 Å². The number of anilines is 1. The minimum absolute atomic E-state index is 0.0582. The van der Waals surface area contributed by atoms with Crippen LogP contribution in [0.1, 0.15) is 34.4 Å². The molecule has 0 aliphatic rings. The average molecular weight is 313 g/mol. The molecule has 1 atom stereocenters. The first-order valence-corrected chi connectivity index (χ1v) is 8.56. The maximum atomic E-state index is 12.2. The largest absolute Gasteiger partial charge is 0.325 e. The number of carbonyl (C=O) groups excluding carboxylic acids is 1. The van der Waals surface area contributed by atoms with Crippen LogP contribution >= 0.6 is 11.8 Å². The molecule has 0 saturated heterocycles. The summed E-state index contributed by atoms with van der Waals surface area (Å²) in [7, 11) is 0. The molecule has 0 radical (unpaired) electrons. The third-order valence-corrected chi connectivity index (χ3v) is 4.88. The van der Waals surface area contributed by atoms with Crippen LogP contribution in [0.2, 0.25) is 0 Å². The summed E-state index contributed by atoms with van der Waals surface area (Å²) < 4.78 is 0. The number of hydrogen-bond donors (Lipinski definition) is 1. The molecule has 0 bridgehead atoms. The zero-order chi connectivity index (χ0) is 16.1. The highest BCUT2D eigenvalue weighted by atomic mass is 32.2. The smallest absolute Gasteiger partial charge is 0.234 e. The first-order chi connectivity index (χ1) is 10.5. The second-order valence-corrected chi connectivity index (χ2v) is 7.01. The fourth-order valence-electron chi connectivity index (χ4n) is 2.57. The fraction of sp³-hybridized carbons (Fsp3) is 0.316. The number of carbonyl (C=O) groups is 1. The lowest BCUT2D eigenvalue weighted by atomic mass is 10.1. The fourth-order valence-corrected chi connectivity index (χ4v) is 3.40. The summed E-state index contributed by atoms with van der Waals surface area (Å²) in [5, 5.41) is 3.36. The maximum absolute atomic E-state index is 12.2. The molecule has 1 amide bonds. The maximum Gasteiger partial charge on any atom is 0.234 e. The Morgan fingerprint density at radius 3 is 2.27 bits per heavy atom. The minimum Gasteiger partial charge on any atom is -0.325 e. The van der Waals surface area contributed by atoms with Crippen LogP contribution in [0, 0.1) is 20.8 Å². The molecule has 2 nitrogen and oxygen atoms in total. The molecule has 2 aromatic rings. The SMILES string of the molecule is Cc1cc(C)c(NC(=O)CS[C@H](C)c2ccccc2)c(C)c1. The molecule has 0 spiro atoms. The van der Waals surface area contributed by atoms with Gasteiger partial charge in [-0.2, -0.15) is 0 Å². The van der Waals surface area contributed by atoms with Gasteiger partial charge in [-0.3, -0.25) is 4.79 Å². The van der Waals surface area contributed by atoms with Crippen molar-refractivity contribution in [2.45, 2.75) is 32.9 Å². The Kier molecular flexibility index (Phi) is 5.67. The van der Waals surface area contributed by atoms with Gasteiger partial charge in [-0.1, -0.05) is 48.0 Å². The Bertz CT molecular complexity index is 629. The molecule has 0 saturated carbocycles. The molecule has 0 aliphatic heterocycles. The number of thioether (sulfide) groups is 1. The average Bonchev–Trinajstić information content (AvgIpc) is 2.49. The second kappa shape index (κ2) is 7.50. The summed E-state index contributed by atoms with van der Waals surface area (Å²) in [6, 6.07) is 14.5. The van der Waals surface area contributed by atoms with E-state index in [1.54, 1.807) is 11.8 Å². The van der Waals surface area contributed by atoms with Crippen molar-refractivity contribution in [2.75, 3.05) is 11.1 Å². The van der Waals surface area contributed by atoms with E-state index in [1.165, 1.54) is 11.1 Å². The number of aryl methyl sites for hydroxylation is 3. The molecule has 3 heteroatoms. The van der Waals surface area contributed by atoms with E-state index in [1.807, 2.05) is 32.0 Å². The summed E-state index contributed by atoms with van der Waals surface area (Å²) in [6.07, 6.45) is 0. The number of hydrogen-bond acceptors (Lipinski definition) is 2. The van der Waals surface area contributed by atoms with E-state index in [9.17, 15) is 4.79 Å². The van der Waals surface area contributed by atoms with E-state index in [2.05, 4.69) is 43.4 Å². The molecule has 2 rings (SSSR count). The number of amides is 1. The van der Waals surface area contributed by atoms with Crippen molar-refractivity contribution < 1.29 is 4.79 Å². The predicted octanol–water partition coefficient (Wildman–Crippen LogP) is 5.04. The third kappa shape index (κ3) is 4.38. The van der Waals surface area contributed by atoms with Gasteiger partial charge in [0.15, 0.2) is 0 Å². The molecular weight excluding hydrogens is 290 g/mol. The van der Waals surface area contributed by atoms with Crippen LogP contribution < -0.4 is 5.32 Å². The van der Waals surface area contributed by atoms with E-state index in [0.717, 1.165) is 16.8 Å². The van der Waals surface area contributed by atoms with Gasteiger partial charge >= 0.3 is 0 Å². The highest BCUT2D eigenvalue weighted by Gasteiger charge is 2.11. The van der Waals surface area contributed by atoms with Crippen molar-refractivity contribution in [1.29, 1.82) is 0 Å². The topological polar surface area (TPSA) is 29.1 Å². The van der Waals surface area contributed by atoms with Crippen molar-refractivity contribution in [3.8, 4) is 0 Å². The molecule has 2 aromatic carbocycles. The first kappa shape index (κ1) is 16.6. The number of rotatable bonds is 5. The normalized spacial score (nSPS) is 12.0. The van der Waals surface area contributed by atoms with Crippen LogP contribution in [-0.4, -0.2) is 11.7 Å². The quantitative estimate of drug-likeness (QED) is 0.837. The Morgan fingerprint density at radius 2 is 1.68 bits per heavy atom. The van der Waals surface area contributed by atoms with Gasteiger partial charge in [-0.05, 0) is 44.4 Å². The van der Waals surface area contributed by atoms with Gasteiger partial charge in [0.25, 0.3) is 0 Å². The minimum atomic E-state index is 0.0582. The molecule has 0 unspecified atom stereocenters. The molecule has 0 aromatic heterocycles. The predicted molar refractivity (Wildman–Crippen MR) is 96.6 cm³/mol. The molecule has 0 fully saturated rings. The van der Waals surface area contributed by atoms with Crippen LogP contribution in [0.15, 0.2) is 42.5 Å². The van der Waals surface area contributed by atoms with Gasteiger partial charge in [-0.15, -0.1) is 11.8 Å². The van der Waals surface area contributed by atoms with Crippen LogP contribution in [0.4, 0.5) is 5.69 Å². The molecule has 116 valence electrons. The third-order valence-electron chi connectivity index (χ3n) is 3.67. The summed E-state index contributed by atoms with van der Waals surface area (Å²) >= 11 is 1.66. The lowest BCUT2D eigenvalue weighted by Crippen LogP contribution is -2.16. The van der Waals surface area contributed by atoms with Gasteiger partial charge in [0, 0.05) is 10.9 Å². The zero-order valence-corrected chi connectivity index (χ0v) is 14.5. The Labute approximate surface area is 137 Å². The Morgan fingerprint density at radius 1 is 1.09 bits per heavy atom. The van der Waals surface area contributed by atoms with Crippen molar-refractivity contribution in [3.63, 3.8) is 0 Å². The van der Waals surface area contributed by atoms with Gasteiger partial charge < -0.3 is 5.32 Å². The molecule has 1 N–H and O–H groups in total. The molecule has 0 aliphatic carbocycles. The summed E-state index contributed by atoms with van der Waals surface area (Å²) in [5.74, 6) is 0.519. The summed E-state index contributed by atoms with van der Waals surface area (Å²) in [4.78, 5) is 12.2. The molecule has 22 heavy (non-hydrogen) atoms. The van der Waals surface area contributed by atoms with Crippen LogP contribution in [0.25, 0.3) is 0 Å². The summed E-state index contributed by atoms with van der Waals surface area (Å²) in [6.45, 7) is 8.28. The van der Waals surface area contributed by atoms with E-state index < -0.39 is 0 Å². The van der Waals surface area contributed by atoms with Gasteiger partial charge in [-0.25, -0.2) is 0 Å².